The monoisotopic (exact) mass is 514 g/mol. The fraction of sp³-hybridized carbons (Fsp3) is 0.565. The molecule has 36 heavy (non-hydrogen) atoms. The van der Waals surface area contributed by atoms with E-state index < -0.39 is 49.0 Å². The molecule has 0 radical (unpaired) electrons. The zero-order chi connectivity index (χ0) is 26.8. The number of ether oxygens (including phenoxy) is 5. The molecule has 1 saturated heterocycles. The van der Waals surface area contributed by atoms with Gasteiger partial charge >= 0.3 is 12.1 Å². The normalized spacial score (nSPS) is 26.1. The van der Waals surface area contributed by atoms with Crippen molar-refractivity contribution in [1.82, 2.24) is 9.78 Å². The number of aliphatic hydroxyl groups excluding tert-OH is 3. The number of carbonyl (C=O) groups is 1. The first-order valence-corrected chi connectivity index (χ1v) is 11.2. The van der Waals surface area contributed by atoms with Gasteiger partial charge in [0.05, 0.1) is 14.2 Å². The maximum absolute atomic E-state index is 14.3. The minimum atomic E-state index is -2.88. The maximum Gasteiger partial charge on any atom is 0.508 e. The lowest BCUT2D eigenvalue weighted by molar-refractivity contribution is -0.423. The third kappa shape index (κ3) is 5.55. The van der Waals surface area contributed by atoms with Gasteiger partial charge in [-0.15, -0.1) is 5.10 Å². The van der Waals surface area contributed by atoms with Crippen LogP contribution >= 0.6 is 0 Å². The molecule has 0 unspecified atom stereocenters. The molecule has 5 atom stereocenters. The molecule has 1 aliphatic rings. The Morgan fingerprint density at radius 3 is 2.53 bits per heavy atom. The van der Waals surface area contributed by atoms with Crippen LogP contribution in [0.15, 0.2) is 18.2 Å². The lowest BCUT2D eigenvalue weighted by Gasteiger charge is -2.44. The average Bonchev–Trinajstić information content (AvgIpc) is 3.14. The van der Waals surface area contributed by atoms with Crippen molar-refractivity contribution in [3.63, 3.8) is 0 Å². The van der Waals surface area contributed by atoms with E-state index in [-0.39, 0.29) is 24.1 Å². The highest BCUT2D eigenvalue weighted by Gasteiger charge is 2.56. The molecule has 200 valence electrons. The van der Waals surface area contributed by atoms with Crippen LogP contribution in [0.4, 0.5) is 9.18 Å². The lowest BCUT2D eigenvalue weighted by atomic mass is 9.97. The third-order valence-electron chi connectivity index (χ3n) is 5.85. The molecule has 1 aromatic carbocycles. The van der Waals surface area contributed by atoms with E-state index in [9.17, 15) is 29.6 Å². The first-order valence-electron chi connectivity index (χ1n) is 11.2. The highest BCUT2D eigenvalue weighted by atomic mass is 19.1. The number of hydrogen-bond acceptors (Lipinski definition) is 11. The van der Waals surface area contributed by atoms with Gasteiger partial charge in [-0.05, 0) is 38.5 Å². The number of nitrogens with zero attached hydrogens (tertiary/aromatic N) is 2. The number of carbonyl (C=O) groups excluding carboxylic acids is 1. The molecule has 0 spiro atoms. The van der Waals surface area contributed by atoms with Gasteiger partial charge in [-0.2, -0.15) is 0 Å². The molecule has 0 bridgehead atoms. The fourth-order valence-electron chi connectivity index (χ4n) is 3.88. The summed E-state index contributed by atoms with van der Waals surface area (Å²) in [6.07, 6.45) is -8.23. The minimum Gasteiger partial charge on any atom is -0.494 e. The van der Waals surface area contributed by atoms with Gasteiger partial charge in [0.1, 0.15) is 24.9 Å². The quantitative estimate of drug-likeness (QED) is 0.291. The maximum atomic E-state index is 14.3. The molecule has 1 aromatic heterocycles. The van der Waals surface area contributed by atoms with Crippen molar-refractivity contribution in [3.8, 4) is 11.6 Å². The molecule has 1 aliphatic heterocycles. The standard InChI is InChI=1S/C23H31FN2O10/c1-11(2)26-12(3)14(8-13-6-7-16(32-4)15(24)9-13)21(25-26)36-23(31)20(29)19(28)18(27)17(35-23)10-34-22(30)33-5/h6-7,9,11,17-20,27-29,31H,8,10H2,1-5H3/t17-,18-,19+,20-,23-/m1/s1. The summed E-state index contributed by atoms with van der Waals surface area (Å²) in [6, 6.07) is 4.28. The average molecular weight is 515 g/mol. The largest absolute Gasteiger partial charge is 0.508 e. The Morgan fingerprint density at radius 2 is 1.94 bits per heavy atom. The Labute approximate surface area is 206 Å². The number of hydrogen-bond donors (Lipinski definition) is 4. The molecule has 2 heterocycles. The summed E-state index contributed by atoms with van der Waals surface area (Å²) < 4.78 is 40.9. The Morgan fingerprint density at radius 1 is 1.25 bits per heavy atom. The fourth-order valence-corrected chi connectivity index (χ4v) is 3.88. The predicted octanol–water partition coefficient (Wildman–Crippen LogP) is 0.800. The number of rotatable bonds is 8. The summed E-state index contributed by atoms with van der Waals surface area (Å²) in [5.74, 6) is -3.53. The van der Waals surface area contributed by atoms with E-state index in [1.54, 1.807) is 17.7 Å². The molecule has 2 aromatic rings. The molecular weight excluding hydrogens is 483 g/mol. The van der Waals surface area contributed by atoms with Gasteiger partial charge in [-0.3, -0.25) is 4.68 Å². The molecule has 13 heteroatoms. The van der Waals surface area contributed by atoms with Crippen molar-refractivity contribution in [2.75, 3.05) is 20.8 Å². The van der Waals surface area contributed by atoms with Crippen LogP contribution in [-0.4, -0.2) is 87.6 Å². The van der Waals surface area contributed by atoms with Gasteiger partial charge < -0.3 is 44.1 Å². The topological polar surface area (TPSA) is 162 Å². The van der Waals surface area contributed by atoms with Crippen LogP contribution in [-0.2, 0) is 20.6 Å². The van der Waals surface area contributed by atoms with Crippen LogP contribution in [0.2, 0.25) is 0 Å². The van der Waals surface area contributed by atoms with Gasteiger partial charge in [-0.1, -0.05) is 6.07 Å². The summed E-state index contributed by atoms with van der Waals surface area (Å²) >= 11 is 0. The van der Waals surface area contributed by atoms with Gasteiger partial charge in [0.25, 0.3) is 0 Å². The van der Waals surface area contributed by atoms with Crippen LogP contribution in [0.25, 0.3) is 0 Å². The van der Waals surface area contributed by atoms with Crippen molar-refractivity contribution in [2.45, 2.75) is 63.6 Å². The second kappa shape index (κ2) is 11.0. The van der Waals surface area contributed by atoms with E-state index in [2.05, 4.69) is 9.84 Å². The Bertz CT molecular complexity index is 1080. The number of aromatic nitrogens is 2. The van der Waals surface area contributed by atoms with E-state index in [0.29, 0.717) is 16.8 Å². The molecule has 0 saturated carbocycles. The van der Waals surface area contributed by atoms with Crippen molar-refractivity contribution >= 4 is 6.16 Å². The zero-order valence-electron chi connectivity index (χ0n) is 20.5. The third-order valence-corrected chi connectivity index (χ3v) is 5.85. The van der Waals surface area contributed by atoms with Gasteiger partial charge in [-0.25, -0.2) is 9.18 Å². The Hall–Kier alpha value is -2.97. The molecule has 12 nitrogen and oxygen atoms in total. The highest BCUT2D eigenvalue weighted by molar-refractivity contribution is 5.59. The van der Waals surface area contributed by atoms with Crippen molar-refractivity contribution in [2.24, 2.45) is 0 Å². The predicted molar refractivity (Wildman–Crippen MR) is 120 cm³/mol. The molecule has 0 aliphatic carbocycles. The van der Waals surface area contributed by atoms with Crippen molar-refractivity contribution in [3.05, 3.63) is 40.8 Å². The molecule has 3 rings (SSSR count). The van der Waals surface area contributed by atoms with Crippen molar-refractivity contribution in [1.29, 1.82) is 0 Å². The second-order valence-corrected chi connectivity index (χ2v) is 8.63. The van der Waals surface area contributed by atoms with Crippen LogP contribution in [0.1, 0.15) is 36.7 Å². The lowest BCUT2D eigenvalue weighted by Crippen LogP contribution is -2.67. The summed E-state index contributed by atoms with van der Waals surface area (Å²) in [6.45, 7) is 4.85. The molecule has 4 N–H and O–H groups in total. The number of methoxy groups -OCH3 is 2. The molecular formula is C23H31FN2O10. The SMILES string of the molecule is COC(=O)OC[C@H]1O[C@@](O)(Oc2nn(C(C)C)c(C)c2Cc2ccc(OC)c(F)c2)[C@H](O)[C@@H](O)[C@@H]1O. The van der Waals surface area contributed by atoms with Crippen LogP contribution in [0.5, 0.6) is 11.6 Å². The summed E-state index contributed by atoms with van der Waals surface area (Å²) in [5, 5.41) is 46.5. The van der Waals surface area contributed by atoms with Gasteiger partial charge in [0, 0.05) is 23.7 Å². The van der Waals surface area contributed by atoms with Crippen LogP contribution < -0.4 is 9.47 Å². The van der Waals surface area contributed by atoms with E-state index in [0.717, 1.165) is 7.11 Å². The Kier molecular flexibility index (Phi) is 8.41. The van der Waals surface area contributed by atoms with Crippen LogP contribution in [0, 0.1) is 12.7 Å². The van der Waals surface area contributed by atoms with E-state index in [4.69, 9.17) is 18.9 Å². The smallest absolute Gasteiger partial charge is 0.494 e. The van der Waals surface area contributed by atoms with E-state index in [1.165, 1.54) is 19.2 Å². The second-order valence-electron chi connectivity index (χ2n) is 8.63. The van der Waals surface area contributed by atoms with Gasteiger partial charge in [0.2, 0.25) is 5.88 Å². The summed E-state index contributed by atoms with van der Waals surface area (Å²) in [5.41, 5.74) is 1.62. The number of benzene rings is 1. The number of aliphatic hydroxyl groups is 4. The van der Waals surface area contributed by atoms with E-state index in [1.807, 2.05) is 13.8 Å². The molecule has 1 fully saturated rings. The first kappa shape index (κ1) is 27.6. The first-order chi connectivity index (χ1) is 16.9. The minimum absolute atomic E-state index is 0.0746. The molecule has 0 amide bonds. The Balaban J connectivity index is 1.94. The highest BCUT2D eigenvalue weighted by Crippen LogP contribution is 2.35. The summed E-state index contributed by atoms with van der Waals surface area (Å²) in [7, 11) is 2.42. The summed E-state index contributed by atoms with van der Waals surface area (Å²) in [4.78, 5) is 11.3. The van der Waals surface area contributed by atoms with Gasteiger partial charge in [0.15, 0.2) is 17.7 Å². The zero-order valence-corrected chi connectivity index (χ0v) is 20.5. The van der Waals surface area contributed by atoms with Crippen molar-refractivity contribution < 1.29 is 53.3 Å². The van der Waals surface area contributed by atoms with Crippen LogP contribution in [0.3, 0.4) is 0 Å². The van der Waals surface area contributed by atoms with E-state index >= 15 is 0 Å². The number of halogens is 1.